The normalized spacial score (nSPS) is 15.9. The van der Waals surface area contributed by atoms with E-state index in [4.69, 9.17) is 11.6 Å². The van der Waals surface area contributed by atoms with Crippen molar-refractivity contribution in [2.45, 2.75) is 35.7 Å². The number of hydrogen-bond donors (Lipinski definition) is 1. The molecule has 2 aromatic rings. The van der Waals surface area contributed by atoms with Crippen molar-refractivity contribution in [3.63, 3.8) is 0 Å². The van der Waals surface area contributed by atoms with Gasteiger partial charge in [-0.15, -0.1) is 0 Å². The zero-order chi connectivity index (χ0) is 20.1. The monoisotopic (exact) mass is 442 g/mol. The number of nitrogens with one attached hydrogen (secondary N) is 1. The molecule has 1 N–H and O–H groups in total. The summed E-state index contributed by atoms with van der Waals surface area (Å²) in [6, 6.07) is 4.43. The maximum atomic E-state index is 13.0. The summed E-state index contributed by atoms with van der Waals surface area (Å²) in [5.74, 6) is -0.135. The highest BCUT2D eigenvalue weighted by Gasteiger charge is 2.26. The van der Waals surface area contributed by atoms with Crippen LogP contribution in [-0.2, 0) is 21.9 Å². The van der Waals surface area contributed by atoms with Crippen LogP contribution in [0.25, 0.3) is 0 Å². The lowest BCUT2D eigenvalue weighted by atomic mass is 10.2. The minimum absolute atomic E-state index is 0.143. The Kier molecular flexibility index (Phi) is 7.03. The van der Waals surface area contributed by atoms with Crippen molar-refractivity contribution in [3.05, 3.63) is 35.6 Å². The minimum Gasteiger partial charge on any atom is -0.329 e. The summed E-state index contributed by atoms with van der Waals surface area (Å²) in [5.41, 5.74) is 0.294. The third kappa shape index (κ3) is 5.08. The van der Waals surface area contributed by atoms with Gasteiger partial charge in [-0.3, -0.25) is 4.79 Å². The van der Waals surface area contributed by atoms with Crippen LogP contribution in [0.4, 0.5) is 5.69 Å². The molecule has 2 heterocycles. The number of rotatable bonds is 6. The lowest BCUT2D eigenvalue weighted by molar-refractivity contribution is -0.113. The Morgan fingerprint density at radius 3 is 2.61 bits per heavy atom. The molecule has 28 heavy (non-hydrogen) atoms. The summed E-state index contributed by atoms with van der Waals surface area (Å²) >= 11 is 7.47. The molecular weight excluding hydrogens is 420 g/mol. The van der Waals surface area contributed by atoms with Crippen molar-refractivity contribution in [2.24, 2.45) is 7.05 Å². The number of aromatic nitrogens is 2. The molecule has 0 saturated carbocycles. The van der Waals surface area contributed by atoms with Gasteiger partial charge in [0.1, 0.15) is 0 Å². The van der Waals surface area contributed by atoms with E-state index in [2.05, 4.69) is 10.3 Å². The number of carbonyl (C=O) groups is 1. The summed E-state index contributed by atoms with van der Waals surface area (Å²) in [7, 11) is -1.76. The van der Waals surface area contributed by atoms with Crippen LogP contribution in [-0.4, -0.2) is 47.0 Å². The van der Waals surface area contributed by atoms with E-state index in [9.17, 15) is 13.2 Å². The number of nitrogens with zero attached hydrogens (tertiary/aromatic N) is 3. The fourth-order valence-electron chi connectivity index (χ4n) is 3.00. The van der Waals surface area contributed by atoms with Crippen LogP contribution >= 0.6 is 23.4 Å². The standard InChI is InChI=1S/C18H23ClN4O3S2/c1-22-11-8-20-18(22)27-13-17(24)21-16-12-14(6-7-15(16)19)28(25,26)23-9-4-2-3-5-10-23/h6-8,11-12H,2-5,9-10,13H2,1H3,(H,21,24). The summed E-state index contributed by atoms with van der Waals surface area (Å²) < 4.78 is 29.3. The Balaban J connectivity index is 1.71. The molecule has 1 aliphatic rings. The molecule has 1 aromatic heterocycles. The number of hydrogen-bond acceptors (Lipinski definition) is 5. The average Bonchev–Trinajstić information content (AvgIpc) is 2.90. The van der Waals surface area contributed by atoms with Crippen molar-refractivity contribution >= 4 is 45.0 Å². The summed E-state index contributed by atoms with van der Waals surface area (Å²) in [4.78, 5) is 16.6. The number of amides is 1. The first-order chi connectivity index (χ1) is 13.4. The van der Waals surface area contributed by atoms with Gasteiger partial charge in [-0.05, 0) is 31.0 Å². The second-order valence-corrected chi connectivity index (χ2v) is 9.91. The molecule has 3 rings (SSSR count). The first-order valence-electron chi connectivity index (χ1n) is 9.07. The lowest BCUT2D eigenvalue weighted by Gasteiger charge is -2.20. The van der Waals surface area contributed by atoms with E-state index in [1.54, 1.807) is 12.4 Å². The number of carbonyl (C=O) groups excluding carboxylic acids is 1. The smallest absolute Gasteiger partial charge is 0.243 e. The highest BCUT2D eigenvalue weighted by atomic mass is 35.5. The fraction of sp³-hybridized carbons (Fsp3) is 0.444. The number of thioether (sulfide) groups is 1. The van der Waals surface area contributed by atoms with Crippen LogP contribution in [0.1, 0.15) is 25.7 Å². The minimum atomic E-state index is -3.61. The van der Waals surface area contributed by atoms with Crippen LogP contribution in [0.15, 0.2) is 40.6 Å². The van der Waals surface area contributed by atoms with Crippen LogP contribution in [0, 0.1) is 0 Å². The van der Waals surface area contributed by atoms with E-state index in [1.807, 2.05) is 11.6 Å². The van der Waals surface area contributed by atoms with E-state index in [-0.39, 0.29) is 16.6 Å². The van der Waals surface area contributed by atoms with Gasteiger partial charge < -0.3 is 9.88 Å². The Morgan fingerprint density at radius 1 is 1.25 bits per heavy atom. The highest BCUT2D eigenvalue weighted by Crippen LogP contribution is 2.28. The lowest BCUT2D eigenvalue weighted by Crippen LogP contribution is -2.32. The summed E-state index contributed by atoms with van der Waals surface area (Å²) in [6.07, 6.45) is 7.27. The van der Waals surface area contributed by atoms with Crippen molar-refractivity contribution < 1.29 is 13.2 Å². The first-order valence-corrected chi connectivity index (χ1v) is 11.9. The van der Waals surface area contributed by atoms with E-state index in [1.165, 1.54) is 34.3 Å². The van der Waals surface area contributed by atoms with E-state index >= 15 is 0 Å². The Hall–Kier alpha value is -1.55. The third-order valence-corrected chi connectivity index (χ3v) is 7.81. The van der Waals surface area contributed by atoms with Gasteiger partial charge in [-0.25, -0.2) is 13.4 Å². The van der Waals surface area contributed by atoms with Gasteiger partial charge in [0.05, 0.1) is 21.4 Å². The van der Waals surface area contributed by atoms with E-state index in [0.717, 1.165) is 30.8 Å². The van der Waals surface area contributed by atoms with Crippen LogP contribution < -0.4 is 5.32 Å². The number of benzene rings is 1. The molecule has 152 valence electrons. The maximum absolute atomic E-state index is 13.0. The Labute approximate surface area is 174 Å². The molecule has 0 radical (unpaired) electrons. The first kappa shape index (κ1) is 21.2. The number of imidazole rings is 1. The van der Waals surface area contributed by atoms with Crippen molar-refractivity contribution in [3.8, 4) is 0 Å². The van der Waals surface area contributed by atoms with Gasteiger partial charge in [-0.1, -0.05) is 36.2 Å². The maximum Gasteiger partial charge on any atom is 0.243 e. The van der Waals surface area contributed by atoms with Crippen LogP contribution in [0.2, 0.25) is 5.02 Å². The number of sulfonamides is 1. The van der Waals surface area contributed by atoms with Crippen molar-refractivity contribution in [2.75, 3.05) is 24.2 Å². The third-order valence-electron chi connectivity index (χ3n) is 4.52. The van der Waals surface area contributed by atoms with E-state index < -0.39 is 10.0 Å². The van der Waals surface area contributed by atoms with Gasteiger partial charge in [0, 0.05) is 32.5 Å². The second kappa shape index (κ2) is 9.30. The molecule has 0 spiro atoms. The molecule has 0 bridgehead atoms. The molecule has 1 saturated heterocycles. The fourth-order valence-corrected chi connectivity index (χ4v) is 5.44. The number of halogens is 1. The van der Waals surface area contributed by atoms with Crippen molar-refractivity contribution in [1.29, 1.82) is 0 Å². The Bertz CT molecular complexity index is 938. The average molecular weight is 443 g/mol. The largest absolute Gasteiger partial charge is 0.329 e. The predicted molar refractivity (Wildman–Crippen MR) is 111 cm³/mol. The van der Waals surface area contributed by atoms with Gasteiger partial charge in [0.2, 0.25) is 15.9 Å². The van der Waals surface area contributed by atoms with E-state index in [0.29, 0.717) is 23.8 Å². The van der Waals surface area contributed by atoms with Gasteiger partial charge in [0.15, 0.2) is 5.16 Å². The molecule has 10 heteroatoms. The van der Waals surface area contributed by atoms with Gasteiger partial charge >= 0.3 is 0 Å². The highest BCUT2D eigenvalue weighted by molar-refractivity contribution is 7.99. The topological polar surface area (TPSA) is 84.3 Å². The van der Waals surface area contributed by atoms with Gasteiger partial charge in [0.25, 0.3) is 0 Å². The molecule has 0 atom stereocenters. The molecule has 1 aliphatic heterocycles. The molecule has 1 fully saturated rings. The predicted octanol–water partition coefficient (Wildman–Crippen LogP) is 3.37. The van der Waals surface area contributed by atoms with Gasteiger partial charge in [-0.2, -0.15) is 4.31 Å². The quantitative estimate of drug-likeness (QED) is 0.693. The summed E-state index contributed by atoms with van der Waals surface area (Å²) in [6.45, 7) is 1.04. The number of aryl methyl sites for hydroxylation is 1. The molecule has 1 aromatic carbocycles. The molecule has 0 unspecified atom stereocenters. The molecule has 1 amide bonds. The zero-order valence-corrected chi connectivity index (χ0v) is 18.0. The zero-order valence-electron chi connectivity index (χ0n) is 15.6. The van der Waals surface area contributed by atoms with Crippen molar-refractivity contribution in [1.82, 2.24) is 13.9 Å². The van der Waals surface area contributed by atoms with Crippen LogP contribution in [0.5, 0.6) is 0 Å². The molecular formula is C18H23ClN4O3S2. The van der Waals surface area contributed by atoms with Crippen LogP contribution in [0.3, 0.4) is 0 Å². The number of anilines is 1. The second-order valence-electron chi connectivity index (χ2n) is 6.62. The Morgan fingerprint density at radius 2 is 1.96 bits per heavy atom. The molecule has 7 nitrogen and oxygen atoms in total. The summed E-state index contributed by atoms with van der Waals surface area (Å²) in [5, 5.41) is 3.73. The SMILES string of the molecule is Cn1ccnc1SCC(=O)Nc1cc(S(=O)(=O)N2CCCCCC2)ccc1Cl. The molecule has 0 aliphatic carbocycles.